The van der Waals surface area contributed by atoms with Gasteiger partial charge in [-0.15, -0.1) is 0 Å². The highest BCUT2D eigenvalue weighted by atomic mass is 16.7. The van der Waals surface area contributed by atoms with Crippen LogP contribution in [0.3, 0.4) is 0 Å². The lowest BCUT2D eigenvalue weighted by atomic mass is 9.93. The van der Waals surface area contributed by atoms with Crippen LogP contribution in [0.4, 0.5) is 0 Å². The standard InChI is InChI=1S/C32H26O7/c1-16-7-5-9-20-22(11-33)25-18(12-36-30(25)28(34-3)23(16)20)14-38-32-27-21-10-6-8-17(2)24(21)29(35-4)31-26(27)19(13-37-31)15-39-32/h5-13,32H,14-15H2,1-4H3/t32-/m1/s1. The van der Waals surface area contributed by atoms with E-state index in [9.17, 15) is 4.79 Å². The molecule has 1 aliphatic heterocycles. The molecule has 0 amide bonds. The molecule has 1 atom stereocenters. The first-order chi connectivity index (χ1) is 19.1. The van der Waals surface area contributed by atoms with Crippen LogP contribution in [0.1, 0.15) is 44.5 Å². The van der Waals surface area contributed by atoms with Crippen molar-refractivity contribution in [3.8, 4) is 11.5 Å². The molecule has 7 rings (SSSR count). The maximum atomic E-state index is 12.4. The molecule has 0 radical (unpaired) electrons. The molecule has 0 saturated carbocycles. The van der Waals surface area contributed by atoms with Crippen LogP contribution in [0.25, 0.3) is 43.5 Å². The maximum Gasteiger partial charge on any atom is 0.185 e. The largest absolute Gasteiger partial charge is 0.492 e. The van der Waals surface area contributed by atoms with E-state index in [-0.39, 0.29) is 6.61 Å². The number of rotatable bonds is 6. The number of methoxy groups -OCH3 is 2. The molecule has 7 heteroatoms. The lowest BCUT2D eigenvalue weighted by Crippen LogP contribution is -2.15. The molecule has 0 saturated heterocycles. The van der Waals surface area contributed by atoms with Crippen molar-refractivity contribution in [3.63, 3.8) is 0 Å². The Bertz CT molecular complexity index is 1940. The van der Waals surface area contributed by atoms with Gasteiger partial charge in [0, 0.05) is 43.8 Å². The van der Waals surface area contributed by atoms with Crippen molar-refractivity contribution >= 4 is 49.8 Å². The van der Waals surface area contributed by atoms with E-state index in [0.717, 1.165) is 61.0 Å². The molecule has 0 aliphatic carbocycles. The summed E-state index contributed by atoms with van der Waals surface area (Å²) in [5.41, 5.74) is 6.41. The highest BCUT2D eigenvalue weighted by molar-refractivity contribution is 6.16. The molecule has 4 aromatic carbocycles. The molecule has 7 nitrogen and oxygen atoms in total. The van der Waals surface area contributed by atoms with E-state index in [1.165, 1.54) is 0 Å². The minimum absolute atomic E-state index is 0.160. The summed E-state index contributed by atoms with van der Waals surface area (Å²) in [7, 11) is 3.27. The first-order valence-corrected chi connectivity index (χ1v) is 12.7. The number of ether oxygens (including phenoxy) is 4. The first kappa shape index (κ1) is 23.8. The van der Waals surface area contributed by atoms with Crippen LogP contribution in [-0.4, -0.2) is 20.5 Å². The predicted molar refractivity (Wildman–Crippen MR) is 148 cm³/mol. The van der Waals surface area contributed by atoms with Crippen molar-refractivity contribution in [2.75, 3.05) is 14.2 Å². The summed E-state index contributed by atoms with van der Waals surface area (Å²) in [6.07, 6.45) is 3.56. The van der Waals surface area contributed by atoms with E-state index >= 15 is 0 Å². The van der Waals surface area contributed by atoms with Crippen molar-refractivity contribution in [2.45, 2.75) is 33.4 Å². The zero-order valence-corrected chi connectivity index (χ0v) is 22.0. The van der Waals surface area contributed by atoms with Crippen molar-refractivity contribution in [1.82, 2.24) is 0 Å². The normalized spacial score (nSPS) is 15.0. The van der Waals surface area contributed by atoms with Crippen LogP contribution in [0, 0.1) is 13.8 Å². The molecule has 39 heavy (non-hydrogen) atoms. The smallest absolute Gasteiger partial charge is 0.185 e. The van der Waals surface area contributed by atoms with E-state index < -0.39 is 6.29 Å². The Labute approximate surface area is 223 Å². The third kappa shape index (κ3) is 3.27. The first-order valence-electron chi connectivity index (χ1n) is 12.7. The van der Waals surface area contributed by atoms with Gasteiger partial charge < -0.3 is 27.8 Å². The summed E-state index contributed by atoms with van der Waals surface area (Å²) >= 11 is 0. The second-order valence-corrected chi connectivity index (χ2v) is 9.89. The van der Waals surface area contributed by atoms with Crippen LogP contribution in [0.2, 0.25) is 0 Å². The van der Waals surface area contributed by atoms with E-state index in [4.69, 9.17) is 27.8 Å². The fraction of sp³-hybridized carbons (Fsp3) is 0.219. The number of aldehydes is 1. The van der Waals surface area contributed by atoms with Crippen molar-refractivity contribution in [2.24, 2.45) is 0 Å². The molecule has 1 aliphatic rings. The molecule has 2 aromatic heterocycles. The minimum Gasteiger partial charge on any atom is -0.492 e. The number of aryl methyl sites for hydroxylation is 2. The van der Waals surface area contributed by atoms with Gasteiger partial charge in [-0.05, 0) is 35.7 Å². The average Bonchev–Trinajstić information content (AvgIpc) is 3.57. The van der Waals surface area contributed by atoms with Gasteiger partial charge in [0.1, 0.15) is 0 Å². The number of benzene rings is 4. The number of furan rings is 2. The number of carbonyl (C=O) groups is 1. The monoisotopic (exact) mass is 522 g/mol. The Morgan fingerprint density at radius 2 is 1.49 bits per heavy atom. The van der Waals surface area contributed by atoms with E-state index in [1.807, 2.05) is 44.2 Å². The lowest BCUT2D eigenvalue weighted by Gasteiger charge is -2.26. The number of fused-ring (bicyclic) bond motifs is 4. The fourth-order valence-corrected chi connectivity index (χ4v) is 6.11. The molecule has 0 unspecified atom stereocenters. The summed E-state index contributed by atoms with van der Waals surface area (Å²) in [5, 5.41) is 5.26. The summed E-state index contributed by atoms with van der Waals surface area (Å²) < 4.78 is 36.3. The third-order valence-electron chi connectivity index (χ3n) is 7.81. The van der Waals surface area contributed by atoms with E-state index in [0.29, 0.717) is 40.2 Å². The summed E-state index contributed by atoms with van der Waals surface area (Å²) in [6, 6.07) is 12.0. The van der Waals surface area contributed by atoms with Crippen LogP contribution in [0.15, 0.2) is 57.8 Å². The van der Waals surface area contributed by atoms with Gasteiger partial charge in [0.25, 0.3) is 0 Å². The molecule has 196 valence electrons. The van der Waals surface area contributed by atoms with Crippen molar-refractivity contribution in [3.05, 3.63) is 82.3 Å². The fourth-order valence-electron chi connectivity index (χ4n) is 6.11. The Morgan fingerprint density at radius 3 is 2.18 bits per heavy atom. The Hall–Kier alpha value is -4.33. The summed E-state index contributed by atoms with van der Waals surface area (Å²) in [5.74, 6) is 1.31. The van der Waals surface area contributed by atoms with Gasteiger partial charge in [0.2, 0.25) is 0 Å². The van der Waals surface area contributed by atoms with Gasteiger partial charge in [-0.3, -0.25) is 4.79 Å². The van der Waals surface area contributed by atoms with Gasteiger partial charge in [-0.2, -0.15) is 0 Å². The third-order valence-corrected chi connectivity index (χ3v) is 7.81. The summed E-state index contributed by atoms with van der Waals surface area (Å²) in [4.78, 5) is 12.4. The van der Waals surface area contributed by atoms with Crippen LogP contribution in [-0.2, 0) is 22.7 Å². The Kier molecular flexibility index (Phi) is 5.40. The molecular weight excluding hydrogens is 496 g/mol. The topological polar surface area (TPSA) is 80.3 Å². The van der Waals surface area contributed by atoms with Gasteiger partial charge in [-0.25, -0.2) is 0 Å². The van der Waals surface area contributed by atoms with Crippen LogP contribution < -0.4 is 9.47 Å². The zero-order valence-electron chi connectivity index (χ0n) is 22.0. The lowest BCUT2D eigenvalue weighted by molar-refractivity contribution is -0.162. The average molecular weight is 523 g/mol. The molecule has 0 spiro atoms. The van der Waals surface area contributed by atoms with Crippen molar-refractivity contribution < 1.29 is 32.6 Å². The van der Waals surface area contributed by atoms with E-state index in [1.54, 1.807) is 26.7 Å². The Morgan fingerprint density at radius 1 is 0.846 bits per heavy atom. The molecular formula is C32H26O7. The van der Waals surface area contributed by atoms with E-state index in [2.05, 4.69) is 6.07 Å². The molecule has 0 bridgehead atoms. The Balaban J connectivity index is 1.37. The second-order valence-electron chi connectivity index (χ2n) is 9.89. The number of hydrogen-bond donors (Lipinski definition) is 0. The molecule has 6 aromatic rings. The molecule has 0 fully saturated rings. The van der Waals surface area contributed by atoms with Crippen molar-refractivity contribution in [1.29, 1.82) is 0 Å². The number of hydrogen-bond acceptors (Lipinski definition) is 7. The SMILES string of the molecule is COc1c2occ(CO[C@@H]3OCc4coc5c(OC)c6c(C)cccc6c3c45)c2c(C=O)c2cccc(C)c12. The van der Waals surface area contributed by atoms with Crippen LogP contribution in [0.5, 0.6) is 11.5 Å². The van der Waals surface area contributed by atoms with Gasteiger partial charge in [0.15, 0.2) is 35.2 Å². The van der Waals surface area contributed by atoms with Crippen LogP contribution >= 0.6 is 0 Å². The van der Waals surface area contributed by atoms with Gasteiger partial charge in [-0.1, -0.05) is 36.4 Å². The molecule has 3 heterocycles. The second kappa shape index (κ2) is 8.86. The highest BCUT2D eigenvalue weighted by Gasteiger charge is 2.31. The highest BCUT2D eigenvalue weighted by Crippen LogP contribution is 2.48. The predicted octanol–water partition coefficient (Wildman–Crippen LogP) is 7.68. The zero-order chi connectivity index (χ0) is 26.8. The van der Waals surface area contributed by atoms with Gasteiger partial charge >= 0.3 is 0 Å². The quantitative estimate of drug-likeness (QED) is 0.208. The maximum absolute atomic E-state index is 12.4. The summed E-state index contributed by atoms with van der Waals surface area (Å²) in [6.45, 7) is 4.54. The van der Waals surface area contributed by atoms with Gasteiger partial charge in [0.05, 0.1) is 40.0 Å². The number of carbonyl (C=O) groups excluding carboxylic acids is 1. The molecule has 0 N–H and O–H groups in total. The minimum atomic E-state index is -0.665.